The molecule has 2 rings (SSSR count). The Morgan fingerprint density at radius 3 is 3.00 bits per heavy atom. The van der Waals surface area contributed by atoms with Crippen LogP contribution in [0.2, 0.25) is 5.02 Å². The summed E-state index contributed by atoms with van der Waals surface area (Å²) < 4.78 is 0. The predicted octanol–water partition coefficient (Wildman–Crippen LogP) is 3.69. The van der Waals surface area contributed by atoms with Crippen LogP contribution in [0.3, 0.4) is 0 Å². The van der Waals surface area contributed by atoms with Gasteiger partial charge in [-0.2, -0.15) is 0 Å². The van der Waals surface area contributed by atoms with E-state index in [1.807, 2.05) is 18.2 Å². The van der Waals surface area contributed by atoms with Gasteiger partial charge in [-0.25, -0.2) is 4.98 Å². The number of thiazole rings is 1. The molecule has 0 aliphatic rings. The Kier molecular flexibility index (Phi) is 4.45. The van der Waals surface area contributed by atoms with Crippen LogP contribution in [0, 0.1) is 0 Å². The minimum atomic E-state index is 0.637. The minimum Gasteiger partial charge on any atom is -0.330 e. The lowest BCUT2D eigenvalue weighted by Crippen LogP contribution is -2.02. The third-order valence-electron chi connectivity index (χ3n) is 2.35. The van der Waals surface area contributed by atoms with Gasteiger partial charge in [0.05, 0.1) is 10.7 Å². The molecule has 90 valence electrons. The van der Waals surface area contributed by atoms with Crippen molar-refractivity contribution in [3.8, 4) is 11.3 Å². The SMILES string of the molecule is CSc1ccc(Cl)cc1-c1csc(CCN)n1. The van der Waals surface area contributed by atoms with Gasteiger partial charge in [0.2, 0.25) is 0 Å². The van der Waals surface area contributed by atoms with Crippen LogP contribution in [0.5, 0.6) is 0 Å². The topological polar surface area (TPSA) is 38.9 Å². The maximum Gasteiger partial charge on any atom is 0.0945 e. The van der Waals surface area contributed by atoms with Crippen molar-refractivity contribution < 1.29 is 0 Å². The van der Waals surface area contributed by atoms with E-state index >= 15 is 0 Å². The fourth-order valence-corrected chi connectivity index (χ4v) is 3.13. The van der Waals surface area contributed by atoms with Gasteiger partial charge in [-0.15, -0.1) is 23.1 Å². The van der Waals surface area contributed by atoms with Crippen molar-refractivity contribution >= 4 is 34.7 Å². The average Bonchev–Trinajstić information content (AvgIpc) is 2.78. The maximum atomic E-state index is 6.04. The van der Waals surface area contributed by atoms with Crippen molar-refractivity contribution in [2.24, 2.45) is 5.73 Å². The van der Waals surface area contributed by atoms with Gasteiger partial charge in [-0.05, 0) is 31.0 Å². The van der Waals surface area contributed by atoms with E-state index in [0.717, 1.165) is 27.7 Å². The second-order valence-electron chi connectivity index (χ2n) is 3.51. The first-order valence-corrected chi connectivity index (χ1v) is 7.71. The summed E-state index contributed by atoms with van der Waals surface area (Å²) >= 11 is 9.39. The number of aromatic nitrogens is 1. The molecular weight excluding hydrogens is 272 g/mol. The molecule has 0 saturated heterocycles. The van der Waals surface area contributed by atoms with Crippen LogP contribution in [0.1, 0.15) is 5.01 Å². The molecule has 2 aromatic rings. The summed E-state index contributed by atoms with van der Waals surface area (Å²) in [4.78, 5) is 5.78. The van der Waals surface area contributed by atoms with E-state index in [9.17, 15) is 0 Å². The lowest BCUT2D eigenvalue weighted by molar-refractivity contribution is 0.954. The van der Waals surface area contributed by atoms with E-state index in [-0.39, 0.29) is 0 Å². The largest absolute Gasteiger partial charge is 0.330 e. The summed E-state index contributed by atoms with van der Waals surface area (Å²) in [5.74, 6) is 0. The van der Waals surface area contributed by atoms with Gasteiger partial charge in [-0.3, -0.25) is 0 Å². The van der Waals surface area contributed by atoms with Crippen LogP contribution in [0.25, 0.3) is 11.3 Å². The smallest absolute Gasteiger partial charge is 0.0945 e. The number of hydrogen-bond donors (Lipinski definition) is 1. The molecule has 0 bridgehead atoms. The van der Waals surface area contributed by atoms with Gasteiger partial charge in [-0.1, -0.05) is 11.6 Å². The molecule has 17 heavy (non-hydrogen) atoms. The number of halogens is 1. The molecule has 0 saturated carbocycles. The maximum absolute atomic E-state index is 6.04. The molecule has 0 radical (unpaired) electrons. The van der Waals surface area contributed by atoms with E-state index in [1.165, 1.54) is 4.90 Å². The highest BCUT2D eigenvalue weighted by Crippen LogP contribution is 2.33. The van der Waals surface area contributed by atoms with Crippen LogP contribution < -0.4 is 5.73 Å². The molecule has 2 N–H and O–H groups in total. The van der Waals surface area contributed by atoms with Gasteiger partial charge < -0.3 is 5.73 Å². The van der Waals surface area contributed by atoms with E-state index in [1.54, 1.807) is 23.1 Å². The number of nitrogens with two attached hydrogens (primary N) is 1. The molecule has 1 aromatic carbocycles. The number of hydrogen-bond acceptors (Lipinski definition) is 4. The molecular formula is C12H13ClN2S2. The second-order valence-corrected chi connectivity index (χ2v) is 5.74. The first-order chi connectivity index (χ1) is 8.24. The highest BCUT2D eigenvalue weighted by molar-refractivity contribution is 7.98. The molecule has 0 amide bonds. The Balaban J connectivity index is 2.40. The van der Waals surface area contributed by atoms with E-state index in [2.05, 4.69) is 16.6 Å². The third kappa shape index (κ3) is 3.01. The van der Waals surface area contributed by atoms with Crippen LogP contribution in [0.4, 0.5) is 0 Å². The number of benzene rings is 1. The van der Waals surface area contributed by atoms with Gasteiger partial charge in [0.1, 0.15) is 0 Å². The third-order valence-corrected chi connectivity index (χ3v) is 4.29. The zero-order chi connectivity index (χ0) is 12.3. The minimum absolute atomic E-state index is 0.637. The second kappa shape index (κ2) is 5.87. The molecule has 1 aromatic heterocycles. The van der Waals surface area contributed by atoms with Crippen LogP contribution in [-0.4, -0.2) is 17.8 Å². The summed E-state index contributed by atoms with van der Waals surface area (Å²) in [6, 6.07) is 5.91. The quantitative estimate of drug-likeness (QED) is 0.871. The summed E-state index contributed by atoms with van der Waals surface area (Å²) in [6.45, 7) is 0.637. The fourth-order valence-electron chi connectivity index (χ4n) is 1.55. The van der Waals surface area contributed by atoms with Crippen molar-refractivity contribution in [2.45, 2.75) is 11.3 Å². The van der Waals surface area contributed by atoms with Crippen LogP contribution in [0.15, 0.2) is 28.5 Å². The Bertz CT molecular complexity index is 511. The van der Waals surface area contributed by atoms with Crippen molar-refractivity contribution in [3.05, 3.63) is 33.6 Å². The molecule has 0 aliphatic carbocycles. The molecule has 2 nitrogen and oxygen atoms in total. The standard InChI is InChI=1S/C12H13ClN2S2/c1-16-11-3-2-8(13)6-9(11)10-7-17-12(15-10)4-5-14/h2-3,6-7H,4-5,14H2,1H3. The average molecular weight is 285 g/mol. The first-order valence-electron chi connectivity index (χ1n) is 5.23. The molecule has 0 unspecified atom stereocenters. The highest BCUT2D eigenvalue weighted by atomic mass is 35.5. The first kappa shape index (κ1) is 12.9. The zero-order valence-corrected chi connectivity index (χ0v) is 11.8. The van der Waals surface area contributed by atoms with Crippen LogP contribution in [-0.2, 0) is 6.42 Å². The fraction of sp³-hybridized carbons (Fsp3) is 0.250. The molecule has 0 aliphatic heterocycles. The van der Waals surface area contributed by atoms with Crippen molar-refractivity contribution in [3.63, 3.8) is 0 Å². The Labute approximate surface area is 114 Å². The summed E-state index contributed by atoms with van der Waals surface area (Å²) in [7, 11) is 0. The predicted molar refractivity (Wildman–Crippen MR) is 77.1 cm³/mol. The Morgan fingerprint density at radius 1 is 1.47 bits per heavy atom. The molecule has 5 heteroatoms. The van der Waals surface area contributed by atoms with Crippen LogP contribution >= 0.6 is 34.7 Å². The van der Waals surface area contributed by atoms with E-state index in [4.69, 9.17) is 17.3 Å². The molecule has 1 heterocycles. The summed E-state index contributed by atoms with van der Waals surface area (Å²) in [6.07, 6.45) is 2.89. The van der Waals surface area contributed by atoms with Crippen molar-refractivity contribution in [2.75, 3.05) is 12.8 Å². The Morgan fingerprint density at radius 2 is 2.29 bits per heavy atom. The number of nitrogens with zero attached hydrogens (tertiary/aromatic N) is 1. The van der Waals surface area contributed by atoms with Gasteiger partial charge in [0, 0.05) is 27.3 Å². The molecule has 0 fully saturated rings. The normalized spacial score (nSPS) is 10.8. The molecule has 0 spiro atoms. The lowest BCUT2D eigenvalue weighted by Gasteiger charge is -2.04. The van der Waals surface area contributed by atoms with E-state index < -0.39 is 0 Å². The lowest BCUT2D eigenvalue weighted by atomic mass is 10.2. The monoisotopic (exact) mass is 284 g/mol. The number of thioether (sulfide) groups is 1. The summed E-state index contributed by atoms with van der Waals surface area (Å²) in [5.41, 5.74) is 7.62. The van der Waals surface area contributed by atoms with Crippen molar-refractivity contribution in [1.29, 1.82) is 0 Å². The van der Waals surface area contributed by atoms with Gasteiger partial charge in [0.15, 0.2) is 0 Å². The zero-order valence-electron chi connectivity index (χ0n) is 9.44. The van der Waals surface area contributed by atoms with E-state index in [0.29, 0.717) is 6.54 Å². The summed E-state index contributed by atoms with van der Waals surface area (Å²) in [5, 5.41) is 3.89. The van der Waals surface area contributed by atoms with Gasteiger partial charge >= 0.3 is 0 Å². The van der Waals surface area contributed by atoms with Gasteiger partial charge in [0.25, 0.3) is 0 Å². The number of rotatable bonds is 4. The Hall–Kier alpha value is -0.550. The molecule has 0 atom stereocenters. The van der Waals surface area contributed by atoms with Crippen molar-refractivity contribution in [1.82, 2.24) is 4.98 Å². The highest BCUT2D eigenvalue weighted by Gasteiger charge is 2.09.